The zero-order valence-electron chi connectivity index (χ0n) is 12.6. The first-order chi connectivity index (χ1) is 8.01. The highest BCUT2D eigenvalue weighted by molar-refractivity contribution is 4.71. The lowest BCUT2D eigenvalue weighted by Crippen LogP contribution is -2.34. The molecule has 0 bridgehead atoms. The van der Waals surface area contributed by atoms with Crippen molar-refractivity contribution in [3.8, 4) is 0 Å². The zero-order valence-corrected chi connectivity index (χ0v) is 12.6. The first-order valence-corrected chi connectivity index (χ1v) is 7.73. The SMILES string of the molecule is CCC1CCN(CCCCCC(C)(C)C)CC1. The number of piperidine rings is 1. The molecule has 0 N–H and O–H groups in total. The zero-order chi connectivity index (χ0) is 12.7. The van der Waals surface area contributed by atoms with Crippen LogP contribution in [0, 0.1) is 11.3 Å². The number of hydrogen-bond acceptors (Lipinski definition) is 1. The van der Waals surface area contributed by atoms with Crippen LogP contribution in [0.25, 0.3) is 0 Å². The molecule has 1 fully saturated rings. The molecule has 1 nitrogen and oxygen atoms in total. The number of hydrogen-bond donors (Lipinski definition) is 0. The second-order valence-corrected chi connectivity index (χ2v) is 7.06. The lowest BCUT2D eigenvalue weighted by Gasteiger charge is -2.31. The van der Waals surface area contributed by atoms with Gasteiger partial charge in [-0.25, -0.2) is 0 Å². The van der Waals surface area contributed by atoms with Gasteiger partial charge in [-0.15, -0.1) is 0 Å². The average Bonchev–Trinajstić information content (AvgIpc) is 2.28. The molecule has 1 aliphatic heterocycles. The van der Waals surface area contributed by atoms with Crippen LogP contribution in [0.15, 0.2) is 0 Å². The average molecular weight is 239 g/mol. The molecule has 1 saturated heterocycles. The Hall–Kier alpha value is -0.0400. The molecule has 0 aliphatic carbocycles. The van der Waals surface area contributed by atoms with Crippen LogP contribution in [0.3, 0.4) is 0 Å². The minimum Gasteiger partial charge on any atom is -0.303 e. The van der Waals surface area contributed by atoms with Crippen molar-refractivity contribution in [1.82, 2.24) is 4.90 Å². The van der Waals surface area contributed by atoms with E-state index in [0.29, 0.717) is 5.41 Å². The van der Waals surface area contributed by atoms with Gasteiger partial charge >= 0.3 is 0 Å². The molecule has 0 aromatic rings. The van der Waals surface area contributed by atoms with Crippen LogP contribution < -0.4 is 0 Å². The molecule has 0 unspecified atom stereocenters. The number of nitrogens with zero attached hydrogens (tertiary/aromatic N) is 1. The lowest BCUT2D eigenvalue weighted by molar-refractivity contribution is 0.178. The highest BCUT2D eigenvalue weighted by Crippen LogP contribution is 2.23. The third kappa shape index (κ3) is 7.08. The van der Waals surface area contributed by atoms with Crippen molar-refractivity contribution >= 4 is 0 Å². The van der Waals surface area contributed by atoms with Crippen molar-refractivity contribution in [3.63, 3.8) is 0 Å². The summed E-state index contributed by atoms with van der Waals surface area (Å²) in [4.78, 5) is 2.68. The predicted octanol–water partition coefficient (Wildman–Crippen LogP) is 4.71. The summed E-state index contributed by atoms with van der Waals surface area (Å²) in [6, 6.07) is 0. The van der Waals surface area contributed by atoms with Crippen molar-refractivity contribution in [1.29, 1.82) is 0 Å². The molecular formula is C16H33N. The Kier molecular flexibility index (Phi) is 6.54. The summed E-state index contributed by atoms with van der Waals surface area (Å²) >= 11 is 0. The van der Waals surface area contributed by atoms with E-state index >= 15 is 0 Å². The minimum absolute atomic E-state index is 0.527. The summed E-state index contributed by atoms with van der Waals surface area (Å²) in [7, 11) is 0. The van der Waals surface area contributed by atoms with E-state index in [-0.39, 0.29) is 0 Å². The van der Waals surface area contributed by atoms with Gasteiger partial charge in [0.15, 0.2) is 0 Å². The van der Waals surface area contributed by atoms with Gasteiger partial charge in [-0.2, -0.15) is 0 Å². The van der Waals surface area contributed by atoms with Gasteiger partial charge < -0.3 is 4.90 Å². The quantitative estimate of drug-likeness (QED) is 0.606. The van der Waals surface area contributed by atoms with Crippen LogP contribution >= 0.6 is 0 Å². The molecule has 0 atom stereocenters. The Bertz CT molecular complexity index is 184. The number of unbranched alkanes of at least 4 members (excludes halogenated alkanes) is 2. The first kappa shape index (κ1) is 15.0. The monoisotopic (exact) mass is 239 g/mol. The van der Waals surface area contributed by atoms with Gasteiger partial charge in [0.1, 0.15) is 0 Å². The van der Waals surface area contributed by atoms with Crippen molar-refractivity contribution in [2.75, 3.05) is 19.6 Å². The summed E-state index contributed by atoms with van der Waals surface area (Å²) in [5.41, 5.74) is 0.527. The van der Waals surface area contributed by atoms with E-state index in [0.717, 1.165) is 5.92 Å². The van der Waals surface area contributed by atoms with Gasteiger partial charge in [-0.05, 0) is 56.7 Å². The van der Waals surface area contributed by atoms with E-state index in [9.17, 15) is 0 Å². The topological polar surface area (TPSA) is 3.24 Å². The summed E-state index contributed by atoms with van der Waals surface area (Å²) < 4.78 is 0. The second-order valence-electron chi connectivity index (χ2n) is 7.06. The normalized spacial score (nSPS) is 19.8. The fraction of sp³-hybridized carbons (Fsp3) is 1.00. The van der Waals surface area contributed by atoms with E-state index in [2.05, 4.69) is 32.6 Å². The van der Waals surface area contributed by atoms with Gasteiger partial charge in [0.05, 0.1) is 0 Å². The van der Waals surface area contributed by atoms with Gasteiger partial charge in [-0.3, -0.25) is 0 Å². The highest BCUT2D eigenvalue weighted by atomic mass is 15.1. The Morgan fingerprint density at radius 1 is 1.00 bits per heavy atom. The maximum absolute atomic E-state index is 2.68. The molecule has 0 saturated carbocycles. The minimum atomic E-state index is 0.527. The maximum atomic E-state index is 2.68. The molecular weight excluding hydrogens is 206 g/mol. The van der Waals surface area contributed by atoms with Crippen molar-refractivity contribution < 1.29 is 0 Å². The molecule has 1 aliphatic rings. The number of likely N-dealkylation sites (tertiary alicyclic amines) is 1. The molecule has 1 heterocycles. The van der Waals surface area contributed by atoms with Gasteiger partial charge in [0.25, 0.3) is 0 Å². The fourth-order valence-corrected chi connectivity index (χ4v) is 2.79. The highest BCUT2D eigenvalue weighted by Gasteiger charge is 2.17. The third-order valence-corrected chi connectivity index (χ3v) is 4.19. The molecule has 1 rings (SSSR count). The van der Waals surface area contributed by atoms with Crippen molar-refractivity contribution in [2.45, 2.75) is 72.6 Å². The Labute approximate surface area is 109 Å². The molecule has 102 valence electrons. The molecule has 0 aromatic heterocycles. The van der Waals surface area contributed by atoms with E-state index in [1.807, 2.05) is 0 Å². The Balaban J connectivity index is 1.97. The molecule has 0 spiro atoms. The Morgan fingerprint density at radius 3 is 2.18 bits per heavy atom. The van der Waals surface area contributed by atoms with Crippen LogP contribution in [0.2, 0.25) is 0 Å². The molecule has 17 heavy (non-hydrogen) atoms. The molecule has 1 heteroatoms. The van der Waals surface area contributed by atoms with Crippen LogP contribution in [-0.2, 0) is 0 Å². The lowest BCUT2D eigenvalue weighted by atomic mass is 9.89. The van der Waals surface area contributed by atoms with Gasteiger partial charge in [-0.1, -0.05) is 47.0 Å². The van der Waals surface area contributed by atoms with E-state index in [1.165, 1.54) is 64.6 Å². The smallest absolute Gasteiger partial charge is 0.00161 e. The molecule has 0 radical (unpaired) electrons. The van der Waals surface area contributed by atoms with Gasteiger partial charge in [0, 0.05) is 0 Å². The second kappa shape index (κ2) is 7.41. The summed E-state index contributed by atoms with van der Waals surface area (Å²) in [6.07, 6.45) is 9.90. The van der Waals surface area contributed by atoms with Crippen LogP contribution in [0.1, 0.15) is 72.6 Å². The fourth-order valence-electron chi connectivity index (χ4n) is 2.79. The van der Waals surface area contributed by atoms with Crippen molar-refractivity contribution in [2.24, 2.45) is 11.3 Å². The number of rotatable bonds is 6. The largest absolute Gasteiger partial charge is 0.303 e. The summed E-state index contributed by atoms with van der Waals surface area (Å²) in [5.74, 6) is 1.02. The maximum Gasteiger partial charge on any atom is -0.00161 e. The van der Waals surface area contributed by atoms with Crippen LogP contribution in [0.5, 0.6) is 0 Å². The van der Waals surface area contributed by atoms with Crippen LogP contribution in [0.4, 0.5) is 0 Å². The molecule has 0 aromatic carbocycles. The standard InChI is InChI=1S/C16H33N/c1-5-15-9-13-17(14-10-15)12-8-6-7-11-16(2,3)4/h15H,5-14H2,1-4H3. The van der Waals surface area contributed by atoms with E-state index in [4.69, 9.17) is 0 Å². The Morgan fingerprint density at radius 2 is 1.65 bits per heavy atom. The van der Waals surface area contributed by atoms with Gasteiger partial charge in [0.2, 0.25) is 0 Å². The summed E-state index contributed by atoms with van der Waals surface area (Å²) in [5, 5.41) is 0. The first-order valence-electron chi connectivity index (χ1n) is 7.73. The third-order valence-electron chi connectivity index (χ3n) is 4.19. The summed E-state index contributed by atoms with van der Waals surface area (Å²) in [6.45, 7) is 13.5. The van der Waals surface area contributed by atoms with Crippen LogP contribution in [-0.4, -0.2) is 24.5 Å². The van der Waals surface area contributed by atoms with E-state index in [1.54, 1.807) is 0 Å². The predicted molar refractivity (Wildman–Crippen MR) is 77.4 cm³/mol. The molecule has 0 amide bonds. The van der Waals surface area contributed by atoms with E-state index < -0.39 is 0 Å². The van der Waals surface area contributed by atoms with Crippen molar-refractivity contribution in [3.05, 3.63) is 0 Å².